The number of ether oxygens (including phenoxy) is 1. The third-order valence-corrected chi connectivity index (χ3v) is 2.24. The van der Waals surface area contributed by atoms with Crippen molar-refractivity contribution in [3.63, 3.8) is 0 Å². The highest BCUT2D eigenvalue weighted by Crippen LogP contribution is 2.29. The molecule has 0 saturated carbocycles. The number of halogens is 3. The molecule has 0 spiro atoms. The summed E-state index contributed by atoms with van der Waals surface area (Å²) in [4.78, 5) is 9.70. The zero-order chi connectivity index (χ0) is 11.4. The first-order valence-corrected chi connectivity index (χ1v) is 4.95. The summed E-state index contributed by atoms with van der Waals surface area (Å²) in [6.45, 7) is -3.07. The lowest BCUT2D eigenvalue weighted by Gasteiger charge is -2.06. The zero-order valence-electron chi connectivity index (χ0n) is 7.32. The second kappa shape index (κ2) is 5.01. The molecule has 0 unspecified atom stereocenters. The molecule has 0 aliphatic heterocycles. The number of nitrogens with zero attached hydrogens (tertiary/aromatic N) is 1. The molecule has 1 aromatic carbocycles. The van der Waals surface area contributed by atoms with E-state index >= 15 is 0 Å². The van der Waals surface area contributed by atoms with E-state index in [1.807, 2.05) is 0 Å². The van der Waals surface area contributed by atoms with Crippen molar-refractivity contribution in [2.24, 2.45) is 0 Å². The van der Waals surface area contributed by atoms with Gasteiger partial charge in [-0.15, -0.1) is 0 Å². The van der Waals surface area contributed by atoms with Gasteiger partial charge < -0.3 is 4.74 Å². The van der Waals surface area contributed by atoms with Crippen LogP contribution < -0.4 is 4.74 Å². The van der Waals surface area contributed by atoms with Crippen molar-refractivity contribution in [3.8, 4) is 5.75 Å². The molecule has 0 atom stereocenters. The molecule has 0 amide bonds. The zero-order valence-corrected chi connectivity index (χ0v) is 8.91. The molecule has 0 aliphatic carbocycles. The average molecular weight is 282 g/mol. The first-order valence-electron chi connectivity index (χ1n) is 3.82. The summed E-state index contributed by atoms with van der Waals surface area (Å²) in [6, 6.07) is 3.80. The van der Waals surface area contributed by atoms with Crippen LogP contribution >= 0.6 is 15.9 Å². The van der Waals surface area contributed by atoms with E-state index in [1.54, 1.807) is 0 Å². The largest absolute Gasteiger partial charge is 0.427 e. The van der Waals surface area contributed by atoms with Crippen LogP contribution in [0.2, 0.25) is 0 Å². The highest BCUT2D eigenvalue weighted by atomic mass is 79.9. The lowest BCUT2D eigenvalue weighted by atomic mass is 10.2. The van der Waals surface area contributed by atoms with Gasteiger partial charge in [0, 0.05) is 11.4 Å². The number of rotatable bonds is 4. The molecule has 0 heterocycles. The Morgan fingerprint density at radius 1 is 1.53 bits per heavy atom. The maximum absolute atomic E-state index is 11.9. The fourth-order valence-corrected chi connectivity index (χ4v) is 1.33. The molecule has 1 aromatic rings. The highest BCUT2D eigenvalue weighted by molar-refractivity contribution is 9.08. The van der Waals surface area contributed by atoms with Gasteiger partial charge in [0.1, 0.15) is 0 Å². The molecule has 0 bridgehead atoms. The van der Waals surface area contributed by atoms with E-state index in [0.717, 1.165) is 6.07 Å². The van der Waals surface area contributed by atoms with E-state index in [9.17, 15) is 18.9 Å². The highest BCUT2D eigenvalue weighted by Gasteiger charge is 2.18. The van der Waals surface area contributed by atoms with E-state index in [1.165, 1.54) is 12.1 Å². The maximum atomic E-state index is 11.9. The Kier molecular flexibility index (Phi) is 3.96. The van der Waals surface area contributed by atoms with Crippen LogP contribution in [0.3, 0.4) is 0 Å². The summed E-state index contributed by atoms with van der Waals surface area (Å²) >= 11 is 3.11. The summed E-state index contributed by atoms with van der Waals surface area (Å²) in [5.41, 5.74) is 0.149. The van der Waals surface area contributed by atoms with Crippen LogP contribution in [0, 0.1) is 10.1 Å². The van der Waals surface area contributed by atoms with Gasteiger partial charge in [-0.2, -0.15) is 8.78 Å². The lowest BCUT2D eigenvalue weighted by molar-refractivity contribution is -0.386. The third-order valence-electron chi connectivity index (χ3n) is 1.59. The summed E-state index contributed by atoms with van der Waals surface area (Å²) in [7, 11) is 0. The molecule has 1 rings (SSSR count). The molecule has 0 aromatic heterocycles. The molecule has 82 valence electrons. The molecule has 0 saturated heterocycles. The number of benzene rings is 1. The fraction of sp³-hybridized carbons (Fsp3) is 0.250. The standard InChI is InChI=1S/C8H6BrF2NO3/c9-4-5-1-2-6(12(13)14)7(3-5)15-8(10)11/h1-3,8H,4H2. The number of nitro groups is 1. The van der Waals surface area contributed by atoms with Gasteiger partial charge in [-0.1, -0.05) is 22.0 Å². The van der Waals surface area contributed by atoms with Gasteiger partial charge in [-0.3, -0.25) is 10.1 Å². The first kappa shape index (κ1) is 11.8. The van der Waals surface area contributed by atoms with Gasteiger partial charge >= 0.3 is 12.3 Å². The minimum atomic E-state index is -3.07. The predicted octanol–water partition coefficient (Wildman–Crippen LogP) is 3.09. The van der Waals surface area contributed by atoms with Crippen molar-refractivity contribution in [2.45, 2.75) is 11.9 Å². The molecule has 0 fully saturated rings. The van der Waals surface area contributed by atoms with Crippen molar-refractivity contribution in [3.05, 3.63) is 33.9 Å². The molecule has 15 heavy (non-hydrogen) atoms. The first-order chi connectivity index (χ1) is 7.04. The van der Waals surface area contributed by atoms with Crippen molar-refractivity contribution in [1.82, 2.24) is 0 Å². The van der Waals surface area contributed by atoms with Crippen LogP contribution in [-0.4, -0.2) is 11.5 Å². The summed E-state index contributed by atoms with van der Waals surface area (Å²) < 4.78 is 27.9. The summed E-state index contributed by atoms with van der Waals surface area (Å²) in [5.74, 6) is -0.424. The Hall–Kier alpha value is -1.24. The SMILES string of the molecule is O=[N+]([O-])c1ccc(CBr)cc1OC(F)F. The topological polar surface area (TPSA) is 52.4 Å². The minimum absolute atomic E-state index is 0.407. The van der Waals surface area contributed by atoms with Crippen LogP contribution in [0.5, 0.6) is 5.75 Å². The number of alkyl halides is 3. The van der Waals surface area contributed by atoms with Gasteiger partial charge in [0.15, 0.2) is 0 Å². The number of hydrogen-bond donors (Lipinski definition) is 0. The van der Waals surface area contributed by atoms with Gasteiger partial charge in [0.2, 0.25) is 5.75 Å². The quantitative estimate of drug-likeness (QED) is 0.484. The Bertz CT molecular complexity index is 373. The molecule has 0 aliphatic rings. The molecular weight excluding hydrogens is 276 g/mol. The predicted molar refractivity (Wildman–Crippen MR) is 52.4 cm³/mol. The molecule has 4 nitrogen and oxygen atoms in total. The van der Waals surface area contributed by atoms with Crippen molar-refractivity contribution in [1.29, 1.82) is 0 Å². The Morgan fingerprint density at radius 3 is 2.67 bits per heavy atom. The average Bonchev–Trinajstić information content (AvgIpc) is 2.16. The van der Waals surface area contributed by atoms with E-state index in [4.69, 9.17) is 0 Å². The molecular formula is C8H6BrF2NO3. The minimum Gasteiger partial charge on any atom is -0.427 e. The van der Waals surface area contributed by atoms with Crippen molar-refractivity contribution >= 4 is 21.6 Å². The summed E-state index contributed by atoms with van der Waals surface area (Å²) in [5, 5.41) is 10.9. The molecule has 0 N–H and O–H groups in total. The van der Waals surface area contributed by atoms with Crippen LogP contribution in [-0.2, 0) is 5.33 Å². The smallest absolute Gasteiger partial charge is 0.387 e. The Labute approximate surface area is 92.1 Å². The normalized spacial score (nSPS) is 10.4. The lowest BCUT2D eigenvalue weighted by Crippen LogP contribution is -2.04. The number of nitro benzene ring substituents is 1. The summed E-state index contributed by atoms with van der Waals surface area (Å²) in [6.07, 6.45) is 0. The van der Waals surface area contributed by atoms with E-state index in [-0.39, 0.29) is 0 Å². The van der Waals surface area contributed by atoms with Gasteiger partial charge in [0.05, 0.1) is 4.92 Å². The Morgan fingerprint density at radius 2 is 2.20 bits per heavy atom. The van der Waals surface area contributed by atoms with Crippen LogP contribution in [0.25, 0.3) is 0 Å². The fourth-order valence-electron chi connectivity index (χ4n) is 0.983. The third kappa shape index (κ3) is 3.12. The van der Waals surface area contributed by atoms with Gasteiger partial charge in [-0.25, -0.2) is 0 Å². The number of hydrogen-bond acceptors (Lipinski definition) is 3. The molecule has 0 radical (unpaired) electrons. The van der Waals surface area contributed by atoms with E-state index < -0.39 is 23.0 Å². The molecule has 7 heteroatoms. The van der Waals surface area contributed by atoms with Gasteiger partial charge in [-0.05, 0) is 11.6 Å². The van der Waals surface area contributed by atoms with Crippen LogP contribution in [0.1, 0.15) is 5.56 Å². The van der Waals surface area contributed by atoms with Crippen LogP contribution in [0.15, 0.2) is 18.2 Å². The second-order valence-electron chi connectivity index (χ2n) is 2.57. The van der Waals surface area contributed by atoms with Crippen molar-refractivity contribution in [2.75, 3.05) is 0 Å². The monoisotopic (exact) mass is 281 g/mol. The Balaban J connectivity index is 3.10. The van der Waals surface area contributed by atoms with E-state index in [2.05, 4.69) is 20.7 Å². The van der Waals surface area contributed by atoms with Gasteiger partial charge in [0.25, 0.3) is 0 Å². The maximum Gasteiger partial charge on any atom is 0.387 e. The van der Waals surface area contributed by atoms with E-state index in [0.29, 0.717) is 10.9 Å². The van der Waals surface area contributed by atoms with Crippen molar-refractivity contribution < 1.29 is 18.4 Å². The second-order valence-corrected chi connectivity index (χ2v) is 3.13. The van der Waals surface area contributed by atoms with Crippen LogP contribution in [0.4, 0.5) is 14.5 Å².